The van der Waals surface area contributed by atoms with Crippen molar-refractivity contribution in [2.24, 2.45) is 0 Å². The SMILES string of the molecule is CNC(Cc1cn2ccsc2n1)c1cc(Cl)sc1Cl. The molecule has 0 aliphatic heterocycles. The number of nitrogens with one attached hydrogen (secondary N) is 1. The second-order valence-corrected chi connectivity index (χ2v) is 7.31. The molecule has 0 spiro atoms. The van der Waals surface area contributed by atoms with Gasteiger partial charge < -0.3 is 5.32 Å². The Bertz CT molecular complexity index is 672. The molecule has 100 valence electrons. The number of halogens is 2. The van der Waals surface area contributed by atoms with E-state index in [1.807, 2.05) is 29.1 Å². The Morgan fingerprint density at radius 1 is 1.47 bits per heavy atom. The minimum atomic E-state index is 0.126. The zero-order chi connectivity index (χ0) is 13.4. The molecule has 3 rings (SSSR count). The van der Waals surface area contributed by atoms with Gasteiger partial charge in [-0.05, 0) is 13.1 Å². The fourth-order valence-corrected chi connectivity index (χ4v) is 4.34. The predicted octanol–water partition coefficient (Wildman–Crippen LogP) is 4.27. The molecule has 7 heteroatoms. The lowest BCUT2D eigenvalue weighted by molar-refractivity contribution is 0.588. The Morgan fingerprint density at radius 3 is 2.95 bits per heavy atom. The van der Waals surface area contributed by atoms with Crippen LogP contribution in [0.2, 0.25) is 8.67 Å². The van der Waals surface area contributed by atoms with Gasteiger partial charge in [-0.25, -0.2) is 4.98 Å². The van der Waals surface area contributed by atoms with Crippen LogP contribution in [0, 0.1) is 0 Å². The highest BCUT2D eigenvalue weighted by molar-refractivity contribution is 7.20. The third-order valence-corrected chi connectivity index (χ3v) is 5.25. The van der Waals surface area contributed by atoms with Crippen molar-refractivity contribution in [1.82, 2.24) is 14.7 Å². The summed E-state index contributed by atoms with van der Waals surface area (Å²) in [5.41, 5.74) is 2.08. The van der Waals surface area contributed by atoms with Crippen LogP contribution in [0.3, 0.4) is 0 Å². The highest BCUT2D eigenvalue weighted by atomic mass is 35.5. The molecule has 0 aromatic carbocycles. The highest BCUT2D eigenvalue weighted by Crippen LogP contribution is 2.36. The molecule has 0 aliphatic rings. The highest BCUT2D eigenvalue weighted by Gasteiger charge is 2.18. The molecule has 0 saturated heterocycles. The summed E-state index contributed by atoms with van der Waals surface area (Å²) in [5, 5.41) is 5.30. The molecule has 0 fully saturated rings. The Hall–Kier alpha value is -0.590. The zero-order valence-corrected chi connectivity index (χ0v) is 13.2. The zero-order valence-electron chi connectivity index (χ0n) is 10.1. The largest absolute Gasteiger partial charge is 0.313 e. The van der Waals surface area contributed by atoms with Crippen molar-refractivity contribution >= 4 is 50.8 Å². The molecule has 3 aromatic heterocycles. The van der Waals surface area contributed by atoms with E-state index in [0.29, 0.717) is 4.34 Å². The van der Waals surface area contributed by atoms with Crippen molar-refractivity contribution in [3.8, 4) is 0 Å². The van der Waals surface area contributed by atoms with E-state index in [1.165, 1.54) is 11.3 Å². The molecular formula is C12H11Cl2N3S2. The maximum absolute atomic E-state index is 6.21. The number of nitrogens with zero attached hydrogens (tertiary/aromatic N) is 2. The molecule has 3 nitrogen and oxygen atoms in total. The van der Waals surface area contributed by atoms with Gasteiger partial charge in [0, 0.05) is 35.8 Å². The van der Waals surface area contributed by atoms with E-state index in [1.54, 1.807) is 11.3 Å². The summed E-state index contributed by atoms with van der Waals surface area (Å²) in [6, 6.07) is 2.05. The van der Waals surface area contributed by atoms with Crippen molar-refractivity contribution < 1.29 is 0 Å². The van der Waals surface area contributed by atoms with Crippen LogP contribution in [0.4, 0.5) is 0 Å². The van der Waals surface area contributed by atoms with Crippen molar-refractivity contribution in [1.29, 1.82) is 0 Å². The van der Waals surface area contributed by atoms with Gasteiger partial charge in [0.2, 0.25) is 0 Å². The van der Waals surface area contributed by atoms with Gasteiger partial charge in [-0.1, -0.05) is 23.2 Å². The fourth-order valence-electron chi connectivity index (χ4n) is 2.04. The van der Waals surface area contributed by atoms with Crippen molar-refractivity contribution in [2.45, 2.75) is 12.5 Å². The monoisotopic (exact) mass is 331 g/mol. The van der Waals surface area contributed by atoms with Gasteiger partial charge >= 0.3 is 0 Å². The first-order valence-electron chi connectivity index (χ1n) is 5.70. The van der Waals surface area contributed by atoms with Gasteiger partial charge in [-0.2, -0.15) is 0 Å². The molecule has 3 aromatic rings. The lowest BCUT2D eigenvalue weighted by atomic mass is 10.1. The number of aromatic nitrogens is 2. The maximum atomic E-state index is 6.21. The smallest absolute Gasteiger partial charge is 0.193 e. The van der Waals surface area contributed by atoms with Crippen molar-refractivity contribution in [2.75, 3.05) is 7.05 Å². The summed E-state index contributed by atoms with van der Waals surface area (Å²) in [6.07, 6.45) is 4.86. The molecule has 0 saturated carbocycles. The molecular weight excluding hydrogens is 321 g/mol. The molecule has 1 atom stereocenters. The van der Waals surface area contributed by atoms with Gasteiger partial charge in [-0.15, -0.1) is 22.7 Å². The first kappa shape index (κ1) is 13.4. The average molecular weight is 332 g/mol. The molecule has 3 heterocycles. The summed E-state index contributed by atoms with van der Waals surface area (Å²) in [6.45, 7) is 0. The van der Waals surface area contributed by atoms with Gasteiger partial charge in [-0.3, -0.25) is 4.40 Å². The minimum Gasteiger partial charge on any atom is -0.313 e. The van der Waals surface area contributed by atoms with E-state index in [4.69, 9.17) is 23.2 Å². The quantitative estimate of drug-likeness (QED) is 0.773. The second kappa shape index (κ2) is 5.42. The normalized spacial score (nSPS) is 13.2. The fraction of sp³-hybridized carbons (Fsp3) is 0.250. The molecule has 1 N–H and O–H groups in total. The molecule has 19 heavy (non-hydrogen) atoms. The summed E-state index contributed by atoms with van der Waals surface area (Å²) in [7, 11) is 1.92. The standard InChI is InChI=1S/C12H11Cl2N3S2/c1-15-9(8-5-10(13)19-11(8)14)4-7-6-17-2-3-18-12(17)16-7/h2-3,5-6,9,15H,4H2,1H3. The van der Waals surface area contributed by atoms with Gasteiger partial charge in [0.25, 0.3) is 0 Å². The maximum Gasteiger partial charge on any atom is 0.193 e. The van der Waals surface area contributed by atoms with E-state index in [2.05, 4.69) is 16.5 Å². The van der Waals surface area contributed by atoms with Crippen molar-refractivity contribution in [3.63, 3.8) is 0 Å². The third kappa shape index (κ3) is 2.66. The summed E-state index contributed by atoms with van der Waals surface area (Å²) < 4.78 is 3.49. The number of fused-ring (bicyclic) bond motifs is 1. The molecule has 0 radical (unpaired) electrons. The number of thiophene rings is 1. The van der Waals surface area contributed by atoms with E-state index < -0.39 is 0 Å². The summed E-state index contributed by atoms with van der Waals surface area (Å²) in [5.74, 6) is 0. The Kier molecular flexibility index (Phi) is 3.82. The number of rotatable bonds is 4. The van der Waals surface area contributed by atoms with Crippen LogP contribution in [0.15, 0.2) is 23.8 Å². The van der Waals surface area contributed by atoms with Gasteiger partial charge in [0.15, 0.2) is 4.96 Å². The van der Waals surface area contributed by atoms with E-state index in [9.17, 15) is 0 Å². The lowest BCUT2D eigenvalue weighted by Crippen LogP contribution is -2.18. The van der Waals surface area contributed by atoms with Crippen LogP contribution < -0.4 is 5.32 Å². The number of hydrogen-bond donors (Lipinski definition) is 1. The number of hydrogen-bond acceptors (Lipinski definition) is 4. The van der Waals surface area contributed by atoms with Crippen LogP contribution in [-0.2, 0) is 6.42 Å². The Labute approximate surface area is 128 Å². The molecule has 0 bridgehead atoms. The molecule has 0 amide bonds. The van der Waals surface area contributed by atoms with Crippen LogP contribution in [-0.4, -0.2) is 16.4 Å². The topological polar surface area (TPSA) is 29.3 Å². The number of imidazole rings is 1. The van der Waals surface area contributed by atoms with Gasteiger partial charge in [0.05, 0.1) is 14.4 Å². The van der Waals surface area contributed by atoms with Crippen LogP contribution in [0.5, 0.6) is 0 Å². The van der Waals surface area contributed by atoms with Crippen LogP contribution in [0.1, 0.15) is 17.3 Å². The van der Waals surface area contributed by atoms with Crippen LogP contribution >= 0.6 is 45.9 Å². The molecule has 1 unspecified atom stereocenters. The first-order chi connectivity index (χ1) is 9.17. The van der Waals surface area contributed by atoms with Crippen molar-refractivity contribution in [3.05, 3.63) is 43.8 Å². The van der Waals surface area contributed by atoms with Gasteiger partial charge in [0.1, 0.15) is 0 Å². The average Bonchev–Trinajstić information content (AvgIpc) is 3.00. The second-order valence-electron chi connectivity index (χ2n) is 4.15. The van der Waals surface area contributed by atoms with Crippen LogP contribution in [0.25, 0.3) is 4.96 Å². The number of likely N-dealkylation sites (N-methyl/N-ethyl adjacent to an activating group) is 1. The van der Waals surface area contributed by atoms with E-state index >= 15 is 0 Å². The first-order valence-corrected chi connectivity index (χ1v) is 8.15. The minimum absolute atomic E-state index is 0.126. The van der Waals surface area contributed by atoms with E-state index in [-0.39, 0.29) is 6.04 Å². The summed E-state index contributed by atoms with van der Waals surface area (Å²) >= 11 is 15.2. The third-order valence-electron chi connectivity index (χ3n) is 2.96. The number of thiazole rings is 1. The Balaban J connectivity index is 1.87. The van der Waals surface area contributed by atoms with E-state index in [0.717, 1.165) is 27.0 Å². The Morgan fingerprint density at radius 2 is 2.32 bits per heavy atom. The summed E-state index contributed by atoms with van der Waals surface area (Å²) in [4.78, 5) is 5.60. The predicted molar refractivity (Wildman–Crippen MR) is 82.9 cm³/mol. The molecule has 0 aliphatic carbocycles. The lowest BCUT2D eigenvalue weighted by Gasteiger charge is -2.14.